The first kappa shape index (κ1) is 11.8. The highest BCUT2D eigenvalue weighted by Gasteiger charge is 2.30. The zero-order valence-electron chi connectivity index (χ0n) is 9.75. The van der Waals surface area contributed by atoms with Gasteiger partial charge in [0.05, 0.1) is 22.3 Å². The zero-order valence-corrected chi connectivity index (χ0v) is 9.75. The number of nitrogens with zero attached hydrogens (tertiary/aromatic N) is 2. The Morgan fingerprint density at radius 3 is 2.63 bits per heavy atom. The fourth-order valence-corrected chi connectivity index (χ4v) is 1.78. The Morgan fingerprint density at radius 1 is 1.21 bits per heavy atom. The Labute approximate surface area is 105 Å². The second-order valence-electron chi connectivity index (χ2n) is 4.15. The second kappa shape index (κ2) is 3.84. The van der Waals surface area contributed by atoms with Crippen LogP contribution in [0, 0.1) is 6.92 Å². The highest BCUT2D eigenvalue weighted by Crippen LogP contribution is 2.31. The van der Waals surface area contributed by atoms with Crippen LogP contribution < -0.4 is 0 Å². The molecule has 7 heteroatoms. The van der Waals surface area contributed by atoms with E-state index in [1.807, 2.05) is 0 Å². The lowest BCUT2D eigenvalue weighted by Gasteiger charge is -2.04. The molecular weight excluding hydrogens is 259 g/mol. The van der Waals surface area contributed by atoms with Crippen molar-refractivity contribution < 1.29 is 17.7 Å². The van der Waals surface area contributed by atoms with Gasteiger partial charge in [0, 0.05) is 6.07 Å². The number of imidazole rings is 1. The molecule has 98 valence electrons. The van der Waals surface area contributed by atoms with Crippen LogP contribution in [0.2, 0.25) is 0 Å². The molecule has 0 atom stereocenters. The Hall–Kier alpha value is -2.31. The summed E-state index contributed by atoms with van der Waals surface area (Å²) in [5.74, 6) is 0.747. The summed E-state index contributed by atoms with van der Waals surface area (Å²) in [7, 11) is 0. The van der Waals surface area contributed by atoms with Crippen molar-refractivity contribution in [2.75, 3.05) is 0 Å². The van der Waals surface area contributed by atoms with Crippen LogP contribution in [0.4, 0.5) is 13.2 Å². The summed E-state index contributed by atoms with van der Waals surface area (Å²) in [4.78, 5) is 6.96. The van der Waals surface area contributed by atoms with E-state index in [1.165, 1.54) is 6.07 Å². The molecule has 0 aliphatic heterocycles. The fourth-order valence-electron chi connectivity index (χ4n) is 1.78. The monoisotopic (exact) mass is 267 g/mol. The van der Waals surface area contributed by atoms with Crippen molar-refractivity contribution in [3.8, 4) is 11.6 Å². The molecule has 0 amide bonds. The lowest BCUT2D eigenvalue weighted by atomic mass is 10.2. The van der Waals surface area contributed by atoms with Crippen molar-refractivity contribution in [1.82, 2.24) is 15.1 Å². The van der Waals surface area contributed by atoms with E-state index in [0.717, 1.165) is 12.1 Å². The van der Waals surface area contributed by atoms with Gasteiger partial charge in [-0.05, 0) is 25.1 Å². The number of nitrogens with one attached hydrogen (secondary N) is 1. The Morgan fingerprint density at radius 2 is 2.00 bits per heavy atom. The van der Waals surface area contributed by atoms with Crippen LogP contribution in [0.3, 0.4) is 0 Å². The Balaban J connectivity index is 2.11. The number of alkyl halides is 3. The third-order valence-electron chi connectivity index (χ3n) is 2.67. The molecule has 0 radical (unpaired) electrons. The number of benzene rings is 1. The van der Waals surface area contributed by atoms with Gasteiger partial charge in [0.1, 0.15) is 0 Å². The average Bonchev–Trinajstić information content (AvgIpc) is 2.92. The zero-order chi connectivity index (χ0) is 13.6. The molecule has 3 rings (SSSR count). The number of aromatic nitrogens is 3. The van der Waals surface area contributed by atoms with Crippen LogP contribution in [0.5, 0.6) is 0 Å². The van der Waals surface area contributed by atoms with Crippen molar-refractivity contribution in [1.29, 1.82) is 0 Å². The molecule has 0 saturated carbocycles. The molecule has 4 nitrogen and oxygen atoms in total. The van der Waals surface area contributed by atoms with Crippen molar-refractivity contribution in [3.63, 3.8) is 0 Å². The summed E-state index contributed by atoms with van der Waals surface area (Å²) >= 11 is 0. The molecule has 1 aromatic carbocycles. The SMILES string of the molecule is Cc1cc(-c2nc3ccc(C(F)(F)F)cc3[nH]2)on1. The Bertz CT molecular complexity index is 742. The average molecular weight is 267 g/mol. The fraction of sp³-hybridized carbons (Fsp3) is 0.167. The van der Waals surface area contributed by atoms with Gasteiger partial charge in [-0.3, -0.25) is 0 Å². The minimum absolute atomic E-state index is 0.305. The number of hydrogen-bond acceptors (Lipinski definition) is 3. The van der Waals surface area contributed by atoms with Gasteiger partial charge < -0.3 is 9.51 Å². The number of H-pyrrole nitrogens is 1. The molecule has 2 aromatic heterocycles. The second-order valence-corrected chi connectivity index (χ2v) is 4.15. The van der Waals surface area contributed by atoms with Gasteiger partial charge >= 0.3 is 6.18 Å². The molecule has 0 bridgehead atoms. The standard InChI is InChI=1S/C12H8F3N3O/c1-6-4-10(19-18-6)11-16-8-3-2-7(12(13,14)15)5-9(8)17-11/h2-5H,1H3,(H,16,17). The van der Waals surface area contributed by atoms with Gasteiger partial charge in [-0.15, -0.1) is 0 Å². The third kappa shape index (κ3) is 2.07. The lowest BCUT2D eigenvalue weighted by molar-refractivity contribution is -0.137. The molecule has 0 saturated heterocycles. The predicted molar refractivity (Wildman–Crippen MR) is 61.3 cm³/mol. The third-order valence-corrected chi connectivity index (χ3v) is 2.67. The molecule has 0 aliphatic rings. The van der Waals surface area contributed by atoms with E-state index in [4.69, 9.17) is 4.52 Å². The van der Waals surface area contributed by atoms with E-state index < -0.39 is 11.7 Å². The minimum Gasteiger partial charge on any atom is -0.353 e. The number of aromatic amines is 1. The van der Waals surface area contributed by atoms with Crippen molar-refractivity contribution in [3.05, 3.63) is 35.5 Å². The van der Waals surface area contributed by atoms with Crippen LogP contribution in [0.15, 0.2) is 28.8 Å². The van der Waals surface area contributed by atoms with Crippen LogP contribution in [0.1, 0.15) is 11.3 Å². The molecule has 1 N–H and O–H groups in total. The van der Waals surface area contributed by atoms with E-state index in [1.54, 1.807) is 13.0 Å². The van der Waals surface area contributed by atoms with E-state index in [9.17, 15) is 13.2 Å². The maximum Gasteiger partial charge on any atom is 0.416 e. The molecule has 2 heterocycles. The first-order valence-corrected chi connectivity index (χ1v) is 5.44. The summed E-state index contributed by atoms with van der Waals surface area (Å²) in [5, 5.41) is 3.70. The van der Waals surface area contributed by atoms with Crippen molar-refractivity contribution in [2.45, 2.75) is 13.1 Å². The van der Waals surface area contributed by atoms with Crippen LogP contribution in [-0.4, -0.2) is 15.1 Å². The van der Waals surface area contributed by atoms with Crippen molar-refractivity contribution in [2.24, 2.45) is 0 Å². The number of halogens is 3. The summed E-state index contributed by atoms with van der Waals surface area (Å²) in [6.07, 6.45) is -4.37. The van der Waals surface area contributed by atoms with Gasteiger partial charge in [-0.1, -0.05) is 5.16 Å². The molecule has 0 aliphatic carbocycles. The number of aryl methyl sites for hydroxylation is 1. The van der Waals surface area contributed by atoms with E-state index in [2.05, 4.69) is 15.1 Å². The highest BCUT2D eigenvalue weighted by molar-refractivity contribution is 5.79. The number of fused-ring (bicyclic) bond motifs is 1. The van der Waals surface area contributed by atoms with Gasteiger partial charge in [0.2, 0.25) is 5.76 Å². The number of rotatable bonds is 1. The van der Waals surface area contributed by atoms with Crippen LogP contribution in [0.25, 0.3) is 22.6 Å². The maximum atomic E-state index is 12.6. The van der Waals surface area contributed by atoms with Gasteiger partial charge in [0.25, 0.3) is 0 Å². The topological polar surface area (TPSA) is 54.7 Å². The van der Waals surface area contributed by atoms with Gasteiger partial charge in [-0.25, -0.2) is 4.98 Å². The van der Waals surface area contributed by atoms with E-state index in [0.29, 0.717) is 28.3 Å². The molecule has 19 heavy (non-hydrogen) atoms. The Kier molecular flexibility index (Phi) is 2.38. The minimum atomic E-state index is -4.37. The van der Waals surface area contributed by atoms with Crippen molar-refractivity contribution >= 4 is 11.0 Å². The smallest absolute Gasteiger partial charge is 0.353 e. The summed E-state index contributed by atoms with van der Waals surface area (Å²) in [6, 6.07) is 5.00. The molecule has 0 unspecified atom stereocenters. The first-order chi connectivity index (χ1) is 8.93. The first-order valence-electron chi connectivity index (χ1n) is 5.44. The summed E-state index contributed by atoms with van der Waals surface area (Å²) < 4.78 is 42.8. The summed E-state index contributed by atoms with van der Waals surface area (Å²) in [6.45, 7) is 1.75. The van der Waals surface area contributed by atoms with Gasteiger partial charge in [-0.2, -0.15) is 13.2 Å². The van der Waals surface area contributed by atoms with E-state index in [-0.39, 0.29) is 0 Å². The lowest BCUT2D eigenvalue weighted by Crippen LogP contribution is -2.04. The normalized spacial score (nSPS) is 12.2. The summed E-state index contributed by atoms with van der Waals surface area (Å²) in [5.41, 5.74) is 0.700. The largest absolute Gasteiger partial charge is 0.416 e. The molecule has 0 spiro atoms. The highest BCUT2D eigenvalue weighted by atomic mass is 19.4. The maximum absolute atomic E-state index is 12.6. The number of hydrogen-bond donors (Lipinski definition) is 1. The van der Waals surface area contributed by atoms with Gasteiger partial charge in [0.15, 0.2) is 5.82 Å². The predicted octanol–water partition coefficient (Wildman–Crippen LogP) is 3.55. The van der Waals surface area contributed by atoms with Crippen LogP contribution >= 0.6 is 0 Å². The molecule has 0 fully saturated rings. The van der Waals surface area contributed by atoms with Crippen LogP contribution in [-0.2, 0) is 6.18 Å². The molecular formula is C12H8F3N3O. The van der Waals surface area contributed by atoms with E-state index >= 15 is 0 Å². The molecule has 3 aromatic rings. The quantitative estimate of drug-likeness (QED) is 0.733.